The third-order valence-electron chi connectivity index (χ3n) is 8.88. The maximum Gasteiger partial charge on any atom is 0.326 e. The van der Waals surface area contributed by atoms with Crippen molar-refractivity contribution in [2.45, 2.75) is 172 Å². The molecule has 0 saturated carbocycles. The van der Waals surface area contributed by atoms with Crippen LogP contribution in [0, 0.1) is 0 Å². The molecule has 0 heterocycles. The number of allylic oxidation sites excluding steroid dienone is 1. The second-order valence-corrected chi connectivity index (χ2v) is 13.8. The normalized spacial score (nSPS) is 12.6. The average Bonchev–Trinajstić information content (AvgIpc) is 3.12. The van der Waals surface area contributed by atoms with Crippen LogP contribution < -0.4 is 21.3 Å². The third-order valence-corrected chi connectivity index (χ3v) is 8.88. The zero-order chi connectivity index (χ0) is 41.4. The minimum absolute atomic E-state index is 0. The number of carboxylic acid groups (broad SMARTS) is 3. The molecule has 17 nitrogen and oxygen atoms in total. The number of hydrogen-bond acceptors (Lipinski definition) is 9. The summed E-state index contributed by atoms with van der Waals surface area (Å²) in [6.45, 7) is 3.75. The number of carbonyl (C=O) groups excluding carboxylic acids is 5. The van der Waals surface area contributed by atoms with Crippen LogP contribution >= 0.6 is 0 Å². The summed E-state index contributed by atoms with van der Waals surface area (Å²) in [5, 5.41) is 47.1. The van der Waals surface area contributed by atoms with Gasteiger partial charge in [-0.15, -0.1) is 0 Å². The fourth-order valence-electron chi connectivity index (χ4n) is 5.63. The standard InChI is InChI=1S/C38H63N5O12.V.W/c1-27(45)16-12-10-8-6-4-2-3-5-7-9-11-13-18-33(47)41-30(37(52)53)20-23-35(49)43-31(38(54)55)21-24-34(48)42-29(36(50)51)19-22-32(46)40-25-15-14-17-28(39)26-44;;/h28-31,39,45H,1-25H2,(H,40,46)(H,41,47)(H,42,48)(H,43,49)(H,50,51)(H,52,53)(H,54,55);;/q-2;;/t28-,29-,30-,31-;;/m0../s1. The number of nitrogens with one attached hydrogen (secondary N) is 5. The number of aliphatic hydroxyl groups excluding tert-OH is 1. The fourth-order valence-corrected chi connectivity index (χ4v) is 5.63. The van der Waals surface area contributed by atoms with E-state index in [9.17, 15) is 53.7 Å². The molecule has 0 aliphatic heterocycles. The van der Waals surface area contributed by atoms with Crippen LogP contribution in [0.15, 0.2) is 12.3 Å². The van der Waals surface area contributed by atoms with E-state index >= 15 is 0 Å². The molecular weight excluding hydrogens is 953 g/mol. The van der Waals surface area contributed by atoms with Crippen LogP contribution in [-0.2, 0) is 78.0 Å². The average molecular weight is 1020 g/mol. The number of carbonyl (C=O) groups is 7. The Bertz CT molecular complexity index is 1230. The van der Waals surface area contributed by atoms with Crippen molar-refractivity contribution in [3.05, 3.63) is 18.1 Å². The summed E-state index contributed by atoms with van der Waals surface area (Å²) in [5.74, 6) is -6.52. The molecule has 0 aromatic carbocycles. The maximum atomic E-state index is 12.5. The molecular formula is C38H63N5O12VW-2. The van der Waals surface area contributed by atoms with Crippen molar-refractivity contribution in [3.63, 3.8) is 0 Å². The van der Waals surface area contributed by atoms with E-state index in [2.05, 4.69) is 27.8 Å². The number of unbranched alkanes of at least 4 members (excludes halogenated alkanes) is 12. The summed E-state index contributed by atoms with van der Waals surface area (Å²) in [4.78, 5) is 94.7. The number of rotatable bonds is 36. The van der Waals surface area contributed by atoms with Crippen LogP contribution in [0.2, 0.25) is 0 Å². The number of carboxylic acids is 3. The van der Waals surface area contributed by atoms with E-state index in [1.165, 1.54) is 19.3 Å². The first-order valence-electron chi connectivity index (χ1n) is 19.4. The summed E-state index contributed by atoms with van der Waals surface area (Å²) in [7, 11) is 0. The molecule has 0 aliphatic rings. The monoisotopic (exact) mass is 1020 g/mol. The van der Waals surface area contributed by atoms with Gasteiger partial charge in [-0.3, -0.25) is 25.5 Å². The van der Waals surface area contributed by atoms with Gasteiger partial charge < -0.3 is 52.2 Å². The molecule has 4 atom stereocenters. The van der Waals surface area contributed by atoms with E-state index < -0.39 is 85.0 Å². The minimum Gasteiger partial charge on any atom is -0.698 e. The number of hydrogen-bond donors (Lipinski definition) is 8. The predicted octanol–water partition coefficient (Wildman–Crippen LogP) is 4.38. The van der Waals surface area contributed by atoms with E-state index in [4.69, 9.17) is 10.8 Å². The topological polar surface area (TPSA) is 289 Å². The van der Waals surface area contributed by atoms with Crippen LogP contribution in [0.4, 0.5) is 0 Å². The molecule has 0 fully saturated rings. The molecule has 9 N–H and O–H groups in total. The Morgan fingerprint density at radius 2 is 0.825 bits per heavy atom. The Labute approximate surface area is 362 Å². The zero-order valence-corrected chi connectivity index (χ0v) is 37.2. The SMILES string of the molecule is C=C(O)CCCCCCCCCCCCCCC(=O)N[C@@H](CCC(=O)N[C@@H](CCC(=O)N[C@@H](CCC(=O)NCCCC[C@H]([NH-])[C-]=O)C(=O)O)C(=O)O)C(=O)O.[V].[W]. The smallest absolute Gasteiger partial charge is 0.326 e. The van der Waals surface area contributed by atoms with Gasteiger partial charge in [0.05, 0.1) is 5.76 Å². The van der Waals surface area contributed by atoms with E-state index in [0.29, 0.717) is 32.1 Å². The molecule has 0 aliphatic carbocycles. The van der Waals surface area contributed by atoms with Crippen molar-refractivity contribution < 1.29 is 98.4 Å². The van der Waals surface area contributed by atoms with Crippen molar-refractivity contribution >= 4 is 47.8 Å². The van der Waals surface area contributed by atoms with Gasteiger partial charge in [0.1, 0.15) is 18.1 Å². The van der Waals surface area contributed by atoms with Gasteiger partial charge in [-0.1, -0.05) is 83.6 Å². The number of aliphatic hydroxyl groups is 1. The summed E-state index contributed by atoms with van der Waals surface area (Å²) < 4.78 is 0. The zero-order valence-electron chi connectivity index (χ0n) is 32.9. The van der Waals surface area contributed by atoms with Crippen molar-refractivity contribution in [1.82, 2.24) is 21.3 Å². The molecule has 0 rings (SSSR count). The molecule has 1 radical (unpaired) electrons. The van der Waals surface area contributed by atoms with Crippen LogP contribution in [0.5, 0.6) is 0 Å². The van der Waals surface area contributed by atoms with E-state index in [1.807, 2.05) is 0 Å². The van der Waals surface area contributed by atoms with Gasteiger partial charge in [0.2, 0.25) is 23.6 Å². The first kappa shape index (κ1) is 58.1. The molecule has 0 unspecified atom stereocenters. The summed E-state index contributed by atoms with van der Waals surface area (Å²) >= 11 is 0. The van der Waals surface area contributed by atoms with Gasteiger partial charge in [0.25, 0.3) is 0 Å². The molecule has 57 heavy (non-hydrogen) atoms. The van der Waals surface area contributed by atoms with Crippen molar-refractivity contribution in [1.29, 1.82) is 0 Å². The molecule has 0 bridgehead atoms. The molecule has 4 amide bonds. The van der Waals surface area contributed by atoms with Crippen LogP contribution in [0.1, 0.15) is 148 Å². The molecule has 19 heteroatoms. The first-order valence-corrected chi connectivity index (χ1v) is 19.4. The Kier molecular flexibility index (Phi) is 37.7. The summed E-state index contributed by atoms with van der Waals surface area (Å²) in [6, 6.07) is -5.27. The molecule has 0 saturated heterocycles. The van der Waals surface area contributed by atoms with E-state index in [-0.39, 0.29) is 77.6 Å². The quantitative estimate of drug-likeness (QED) is 0.0247. The third kappa shape index (κ3) is 34.5. The molecule has 0 aromatic rings. The van der Waals surface area contributed by atoms with Crippen LogP contribution in [0.3, 0.4) is 0 Å². The second-order valence-electron chi connectivity index (χ2n) is 13.8. The Hall–Kier alpha value is -3.27. The van der Waals surface area contributed by atoms with Gasteiger partial charge in [0.15, 0.2) is 0 Å². The molecule has 0 spiro atoms. The fraction of sp³-hybridized carbons (Fsp3) is 0.737. The van der Waals surface area contributed by atoms with Crippen LogP contribution in [0.25, 0.3) is 5.73 Å². The maximum absolute atomic E-state index is 12.5. The number of aliphatic carboxylic acids is 3. The number of amides is 4. The Morgan fingerprint density at radius 1 is 0.491 bits per heavy atom. The van der Waals surface area contributed by atoms with E-state index in [1.54, 1.807) is 6.29 Å². The first-order chi connectivity index (χ1) is 26.2. The van der Waals surface area contributed by atoms with Gasteiger partial charge in [-0.05, 0) is 38.5 Å². The molecule has 0 aromatic heterocycles. The van der Waals surface area contributed by atoms with Crippen molar-refractivity contribution in [2.75, 3.05) is 6.54 Å². The van der Waals surface area contributed by atoms with Crippen molar-refractivity contribution in [2.24, 2.45) is 0 Å². The minimum atomic E-state index is -1.53. The Morgan fingerprint density at radius 3 is 1.18 bits per heavy atom. The second kappa shape index (κ2) is 37.0. The van der Waals surface area contributed by atoms with Gasteiger partial charge in [-0.2, -0.15) is 0 Å². The van der Waals surface area contributed by atoms with Gasteiger partial charge >= 0.3 is 17.9 Å². The molecule has 325 valence electrons. The Balaban J connectivity index is -0.0000146. The van der Waals surface area contributed by atoms with Gasteiger partial charge in [0, 0.05) is 78.3 Å². The predicted molar refractivity (Wildman–Crippen MR) is 203 cm³/mol. The van der Waals surface area contributed by atoms with Crippen LogP contribution in [-0.4, -0.2) is 99.0 Å². The van der Waals surface area contributed by atoms with Crippen molar-refractivity contribution in [3.8, 4) is 0 Å². The largest absolute Gasteiger partial charge is 0.698 e. The van der Waals surface area contributed by atoms with Gasteiger partial charge in [-0.25, -0.2) is 20.4 Å². The van der Waals surface area contributed by atoms with E-state index in [0.717, 1.165) is 51.4 Å². The summed E-state index contributed by atoms with van der Waals surface area (Å²) in [6.07, 6.45) is 14.1. The summed E-state index contributed by atoms with van der Waals surface area (Å²) in [5.41, 5.74) is 7.29.